The first-order valence-electron chi connectivity index (χ1n) is 7.65. The Hall–Kier alpha value is -2.05. The van der Waals surface area contributed by atoms with Crippen LogP contribution >= 0.6 is 0 Å². The van der Waals surface area contributed by atoms with Crippen molar-refractivity contribution in [2.75, 3.05) is 5.32 Å². The van der Waals surface area contributed by atoms with E-state index < -0.39 is 12.1 Å². The SMILES string of the molecule is Cc1nnc(-c2cccc(N[C@H]3CCC[C@H](C(F)(F)F)C3)c2)o1. The highest BCUT2D eigenvalue weighted by molar-refractivity contribution is 5.61. The number of aryl methyl sites for hydroxylation is 1. The van der Waals surface area contributed by atoms with Crippen molar-refractivity contribution in [2.45, 2.75) is 44.8 Å². The maximum absolute atomic E-state index is 12.9. The normalized spacial score (nSPS) is 22.1. The lowest BCUT2D eigenvalue weighted by molar-refractivity contribution is -0.182. The smallest absolute Gasteiger partial charge is 0.391 e. The van der Waals surface area contributed by atoms with Gasteiger partial charge in [0.1, 0.15) is 0 Å². The predicted molar refractivity (Wildman–Crippen MR) is 79.9 cm³/mol. The van der Waals surface area contributed by atoms with Crippen molar-refractivity contribution >= 4 is 5.69 Å². The van der Waals surface area contributed by atoms with Crippen LogP contribution in [0.2, 0.25) is 0 Å². The van der Waals surface area contributed by atoms with Crippen molar-refractivity contribution < 1.29 is 17.6 Å². The van der Waals surface area contributed by atoms with E-state index in [1.165, 1.54) is 0 Å². The second-order valence-electron chi connectivity index (χ2n) is 5.95. The molecule has 2 aromatic rings. The highest BCUT2D eigenvalue weighted by atomic mass is 19.4. The number of benzene rings is 1. The summed E-state index contributed by atoms with van der Waals surface area (Å²) in [5, 5.41) is 10.9. The third kappa shape index (κ3) is 3.83. The molecule has 0 spiro atoms. The van der Waals surface area contributed by atoms with Gasteiger partial charge in [0.2, 0.25) is 11.8 Å². The second kappa shape index (κ2) is 6.22. The number of rotatable bonds is 3. The van der Waals surface area contributed by atoms with E-state index in [0.717, 1.165) is 17.7 Å². The molecule has 2 atom stereocenters. The van der Waals surface area contributed by atoms with Gasteiger partial charge in [-0.25, -0.2) is 0 Å². The number of aromatic nitrogens is 2. The van der Waals surface area contributed by atoms with Crippen LogP contribution in [0.3, 0.4) is 0 Å². The summed E-state index contributed by atoms with van der Waals surface area (Å²) in [5.74, 6) is -0.336. The fraction of sp³-hybridized carbons (Fsp3) is 0.500. The van der Waals surface area contributed by atoms with E-state index in [1.807, 2.05) is 24.3 Å². The van der Waals surface area contributed by atoms with Gasteiger partial charge in [-0.3, -0.25) is 0 Å². The molecule has 0 saturated heterocycles. The van der Waals surface area contributed by atoms with Crippen LogP contribution in [0.1, 0.15) is 31.6 Å². The molecule has 1 saturated carbocycles. The minimum atomic E-state index is -4.11. The van der Waals surface area contributed by atoms with Crippen LogP contribution in [-0.2, 0) is 0 Å². The van der Waals surface area contributed by atoms with E-state index in [9.17, 15) is 13.2 Å². The summed E-state index contributed by atoms with van der Waals surface area (Å²) < 4.78 is 44.0. The summed E-state index contributed by atoms with van der Waals surface area (Å²) in [5.41, 5.74) is 1.52. The summed E-state index contributed by atoms with van der Waals surface area (Å²) >= 11 is 0. The first-order valence-corrected chi connectivity index (χ1v) is 7.65. The minimum Gasteiger partial charge on any atom is -0.421 e. The molecular formula is C16H18F3N3O. The Morgan fingerprint density at radius 3 is 2.74 bits per heavy atom. The van der Waals surface area contributed by atoms with Crippen molar-refractivity contribution in [1.29, 1.82) is 0 Å². The molecule has 4 nitrogen and oxygen atoms in total. The van der Waals surface area contributed by atoms with Crippen LogP contribution in [0.15, 0.2) is 28.7 Å². The first-order chi connectivity index (χ1) is 10.9. The number of alkyl halides is 3. The first kappa shape index (κ1) is 15.8. The van der Waals surface area contributed by atoms with Gasteiger partial charge >= 0.3 is 6.18 Å². The molecule has 1 N–H and O–H groups in total. The van der Waals surface area contributed by atoms with Gasteiger partial charge in [-0.15, -0.1) is 10.2 Å². The van der Waals surface area contributed by atoms with Crippen LogP contribution in [0.25, 0.3) is 11.5 Å². The van der Waals surface area contributed by atoms with Crippen molar-refractivity contribution in [1.82, 2.24) is 10.2 Å². The van der Waals surface area contributed by atoms with Crippen LogP contribution < -0.4 is 5.32 Å². The predicted octanol–water partition coefficient (Wildman–Crippen LogP) is 4.58. The Labute approximate surface area is 132 Å². The van der Waals surface area contributed by atoms with Gasteiger partial charge in [0.15, 0.2) is 0 Å². The Kier molecular flexibility index (Phi) is 4.28. The largest absolute Gasteiger partial charge is 0.421 e. The summed E-state index contributed by atoms with van der Waals surface area (Å²) in [6, 6.07) is 7.14. The van der Waals surface area contributed by atoms with Gasteiger partial charge in [0, 0.05) is 24.2 Å². The van der Waals surface area contributed by atoms with Gasteiger partial charge in [-0.1, -0.05) is 12.5 Å². The molecule has 0 unspecified atom stereocenters. The molecule has 0 aliphatic heterocycles. The van der Waals surface area contributed by atoms with Gasteiger partial charge in [0.05, 0.1) is 5.92 Å². The van der Waals surface area contributed by atoms with Crippen LogP contribution in [0, 0.1) is 12.8 Å². The molecule has 0 bridgehead atoms. The van der Waals surface area contributed by atoms with Crippen LogP contribution in [0.4, 0.5) is 18.9 Å². The average molecular weight is 325 g/mol. The lowest BCUT2D eigenvalue weighted by Crippen LogP contribution is -2.34. The van der Waals surface area contributed by atoms with Crippen molar-refractivity contribution in [3.05, 3.63) is 30.2 Å². The topological polar surface area (TPSA) is 51.0 Å². The van der Waals surface area contributed by atoms with Gasteiger partial charge < -0.3 is 9.73 Å². The highest BCUT2D eigenvalue weighted by Gasteiger charge is 2.42. The van der Waals surface area contributed by atoms with E-state index >= 15 is 0 Å². The van der Waals surface area contributed by atoms with Crippen LogP contribution in [-0.4, -0.2) is 22.4 Å². The fourth-order valence-corrected chi connectivity index (χ4v) is 3.01. The number of anilines is 1. The highest BCUT2D eigenvalue weighted by Crippen LogP contribution is 2.38. The molecule has 7 heteroatoms. The second-order valence-corrected chi connectivity index (χ2v) is 5.95. The number of hydrogen-bond donors (Lipinski definition) is 1. The van der Waals surface area contributed by atoms with Crippen molar-refractivity contribution in [3.63, 3.8) is 0 Å². The molecule has 1 aromatic carbocycles. The molecule has 3 rings (SSSR count). The molecule has 0 radical (unpaired) electrons. The summed E-state index contributed by atoms with van der Waals surface area (Å²) in [6.07, 6.45) is -2.43. The van der Waals surface area contributed by atoms with Crippen molar-refractivity contribution in [3.8, 4) is 11.5 Å². The van der Waals surface area contributed by atoms with Crippen molar-refractivity contribution in [2.24, 2.45) is 5.92 Å². The zero-order valence-corrected chi connectivity index (χ0v) is 12.7. The van der Waals surface area contributed by atoms with Gasteiger partial charge in [-0.05, 0) is 37.5 Å². The van der Waals surface area contributed by atoms with E-state index in [-0.39, 0.29) is 18.9 Å². The molecular weight excluding hydrogens is 307 g/mol. The lowest BCUT2D eigenvalue weighted by Gasteiger charge is -2.31. The Morgan fingerprint density at radius 2 is 2.04 bits per heavy atom. The molecule has 0 amide bonds. The standard InChI is InChI=1S/C16H18F3N3O/c1-10-21-22-15(23-10)11-4-2-6-13(8-11)20-14-7-3-5-12(9-14)16(17,18)19/h2,4,6,8,12,14,20H,3,5,7,9H2,1H3/t12-,14-/m0/s1. The summed E-state index contributed by atoms with van der Waals surface area (Å²) in [6.45, 7) is 1.71. The fourth-order valence-electron chi connectivity index (χ4n) is 3.01. The molecule has 124 valence electrons. The number of hydrogen-bond acceptors (Lipinski definition) is 4. The Morgan fingerprint density at radius 1 is 1.22 bits per heavy atom. The van der Waals surface area contributed by atoms with E-state index in [4.69, 9.17) is 4.42 Å². The maximum atomic E-state index is 12.9. The number of halogens is 3. The zero-order chi connectivity index (χ0) is 16.4. The van der Waals surface area contributed by atoms with Gasteiger partial charge in [0.25, 0.3) is 0 Å². The summed E-state index contributed by atoms with van der Waals surface area (Å²) in [4.78, 5) is 0. The number of nitrogens with one attached hydrogen (secondary N) is 1. The number of nitrogens with zero attached hydrogens (tertiary/aromatic N) is 2. The van der Waals surface area contributed by atoms with Crippen LogP contribution in [0.5, 0.6) is 0 Å². The monoisotopic (exact) mass is 325 g/mol. The minimum absolute atomic E-state index is 0.118. The molecule has 23 heavy (non-hydrogen) atoms. The molecule has 1 aromatic heterocycles. The van der Waals surface area contributed by atoms with E-state index in [2.05, 4.69) is 15.5 Å². The molecule has 1 aliphatic carbocycles. The quantitative estimate of drug-likeness (QED) is 0.897. The summed E-state index contributed by atoms with van der Waals surface area (Å²) in [7, 11) is 0. The lowest BCUT2D eigenvalue weighted by atomic mass is 9.85. The molecule has 1 fully saturated rings. The average Bonchev–Trinajstić information content (AvgIpc) is 2.94. The molecule has 1 aliphatic rings. The third-order valence-electron chi connectivity index (χ3n) is 4.14. The maximum Gasteiger partial charge on any atom is 0.391 e. The third-order valence-corrected chi connectivity index (χ3v) is 4.14. The van der Waals surface area contributed by atoms with E-state index in [0.29, 0.717) is 18.2 Å². The Bertz CT molecular complexity index is 669. The Balaban J connectivity index is 1.71. The van der Waals surface area contributed by atoms with E-state index in [1.54, 1.807) is 6.92 Å². The molecule has 1 heterocycles. The zero-order valence-electron chi connectivity index (χ0n) is 12.7. The van der Waals surface area contributed by atoms with Gasteiger partial charge in [-0.2, -0.15) is 13.2 Å².